The van der Waals surface area contributed by atoms with E-state index in [4.69, 9.17) is 16.0 Å². The third kappa shape index (κ3) is 2.63. The van der Waals surface area contributed by atoms with Gasteiger partial charge in [-0.3, -0.25) is 4.79 Å². The number of nitrogens with zero attached hydrogens (tertiary/aromatic N) is 2. The maximum absolute atomic E-state index is 11.8. The summed E-state index contributed by atoms with van der Waals surface area (Å²) in [7, 11) is 0. The number of benzene rings is 1. The van der Waals surface area contributed by atoms with Gasteiger partial charge in [-0.25, -0.2) is 4.98 Å². The normalized spacial score (nSPS) is 14.3. The van der Waals surface area contributed by atoms with Gasteiger partial charge in [-0.05, 0) is 30.7 Å². The first-order chi connectivity index (χ1) is 9.22. The van der Waals surface area contributed by atoms with Crippen molar-refractivity contribution >= 4 is 17.5 Å². The minimum Gasteiger partial charge on any atom is -0.444 e. The van der Waals surface area contributed by atoms with Crippen molar-refractivity contribution in [3.63, 3.8) is 0 Å². The molecule has 0 radical (unpaired) electrons. The molecule has 0 atom stereocenters. The lowest BCUT2D eigenvalue weighted by Gasteiger charge is -2.30. The summed E-state index contributed by atoms with van der Waals surface area (Å²) in [5.41, 5.74) is 1.52. The second-order valence-corrected chi connectivity index (χ2v) is 5.00. The first-order valence-corrected chi connectivity index (χ1v) is 6.58. The van der Waals surface area contributed by atoms with Crippen LogP contribution in [0.5, 0.6) is 0 Å². The second kappa shape index (κ2) is 5.05. The summed E-state index contributed by atoms with van der Waals surface area (Å²) in [6, 6.07) is 7.25. The Morgan fingerprint density at radius 1 is 1.32 bits per heavy atom. The van der Waals surface area contributed by atoms with Crippen LogP contribution in [-0.4, -0.2) is 28.9 Å². The van der Waals surface area contributed by atoms with E-state index >= 15 is 0 Å². The monoisotopic (exact) mass is 276 g/mol. The van der Waals surface area contributed by atoms with Gasteiger partial charge in [0, 0.05) is 23.7 Å². The van der Waals surface area contributed by atoms with Crippen LogP contribution in [0.3, 0.4) is 0 Å². The molecular formula is C14H13ClN2O2. The van der Waals surface area contributed by atoms with Crippen molar-refractivity contribution in [1.82, 2.24) is 9.88 Å². The van der Waals surface area contributed by atoms with E-state index in [1.807, 2.05) is 17.0 Å². The Labute approximate surface area is 116 Å². The molecule has 1 aliphatic heterocycles. The summed E-state index contributed by atoms with van der Waals surface area (Å²) in [6.07, 6.45) is 2.94. The highest BCUT2D eigenvalue weighted by molar-refractivity contribution is 6.30. The number of hydrogen-bond acceptors (Lipinski definition) is 3. The van der Waals surface area contributed by atoms with Crippen molar-refractivity contribution in [3.05, 3.63) is 41.2 Å². The fraction of sp³-hybridized carbons (Fsp3) is 0.286. The van der Waals surface area contributed by atoms with Gasteiger partial charge >= 0.3 is 0 Å². The van der Waals surface area contributed by atoms with E-state index in [1.165, 1.54) is 0 Å². The molecular weight excluding hydrogens is 264 g/mol. The standard InChI is InChI=1S/C14H13ClN2O2/c15-11-4-2-10(3-5-11)14-16-12(9-19-14)8-13(18)17-6-1-7-17/h2-5,9H,1,6-8H2. The molecule has 4 nitrogen and oxygen atoms in total. The van der Waals surface area contributed by atoms with Gasteiger partial charge in [0.1, 0.15) is 6.26 Å². The Kier molecular flexibility index (Phi) is 3.25. The first-order valence-electron chi connectivity index (χ1n) is 6.20. The van der Waals surface area contributed by atoms with Crippen LogP contribution in [0.2, 0.25) is 5.02 Å². The van der Waals surface area contributed by atoms with E-state index in [1.54, 1.807) is 18.4 Å². The highest BCUT2D eigenvalue weighted by Crippen LogP contribution is 2.21. The minimum atomic E-state index is 0.113. The predicted octanol–water partition coefficient (Wildman–Crippen LogP) is 2.77. The van der Waals surface area contributed by atoms with Crippen molar-refractivity contribution < 1.29 is 9.21 Å². The van der Waals surface area contributed by atoms with E-state index in [2.05, 4.69) is 4.98 Å². The topological polar surface area (TPSA) is 46.3 Å². The fourth-order valence-corrected chi connectivity index (χ4v) is 2.07. The molecule has 1 fully saturated rings. The summed E-state index contributed by atoms with van der Waals surface area (Å²) in [4.78, 5) is 18.0. The molecule has 1 aromatic heterocycles. The molecule has 0 unspecified atom stereocenters. The van der Waals surface area contributed by atoms with Crippen LogP contribution >= 0.6 is 11.6 Å². The van der Waals surface area contributed by atoms with E-state index in [0.717, 1.165) is 25.1 Å². The van der Waals surface area contributed by atoms with Crippen LogP contribution in [0.25, 0.3) is 11.5 Å². The number of likely N-dealkylation sites (tertiary alicyclic amines) is 1. The summed E-state index contributed by atoms with van der Waals surface area (Å²) >= 11 is 5.83. The van der Waals surface area contributed by atoms with Crippen LogP contribution in [-0.2, 0) is 11.2 Å². The van der Waals surface area contributed by atoms with Gasteiger partial charge in [-0.1, -0.05) is 11.6 Å². The van der Waals surface area contributed by atoms with Crippen molar-refractivity contribution in [2.45, 2.75) is 12.8 Å². The van der Waals surface area contributed by atoms with Gasteiger partial charge in [0.15, 0.2) is 0 Å². The second-order valence-electron chi connectivity index (χ2n) is 4.56. The van der Waals surface area contributed by atoms with E-state index in [0.29, 0.717) is 23.0 Å². The number of rotatable bonds is 3. The van der Waals surface area contributed by atoms with E-state index in [9.17, 15) is 4.79 Å². The van der Waals surface area contributed by atoms with Gasteiger partial charge in [0.2, 0.25) is 11.8 Å². The van der Waals surface area contributed by atoms with Crippen LogP contribution in [0.4, 0.5) is 0 Å². The van der Waals surface area contributed by atoms with Gasteiger partial charge in [0.25, 0.3) is 0 Å². The average molecular weight is 277 g/mol. The Balaban J connectivity index is 1.72. The molecule has 98 valence electrons. The van der Waals surface area contributed by atoms with E-state index < -0.39 is 0 Å². The van der Waals surface area contributed by atoms with Gasteiger partial charge < -0.3 is 9.32 Å². The summed E-state index contributed by atoms with van der Waals surface area (Å²) in [6.45, 7) is 1.72. The SMILES string of the molecule is O=C(Cc1coc(-c2ccc(Cl)cc2)n1)N1CCC1. The van der Waals surface area contributed by atoms with Crippen LogP contribution in [0.1, 0.15) is 12.1 Å². The molecule has 0 spiro atoms. The van der Waals surface area contributed by atoms with Crippen molar-refractivity contribution in [2.24, 2.45) is 0 Å². The zero-order valence-corrected chi connectivity index (χ0v) is 11.1. The van der Waals surface area contributed by atoms with Gasteiger partial charge in [-0.15, -0.1) is 0 Å². The number of carbonyl (C=O) groups excluding carboxylic acids is 1. The smallest absolute Gasteiger partial charge is 0.228 e. The van der Waals surface area contributed by atoms with Crippen LogP contribution in [0, 0.1) is 0 Å². The maximum atomic E-state index is 11.8. The average Bonchev–Trinajstić information content (AvgIpc) is 2.76. The fourth-order valence-electron chi connectivity index (χ4n) is 1.95. The zero-order chi connectivity index (χ0) is 13.2. The Bertz CT molecular complexity index is 588. The van der Waals surface area contributed by atoms with Crippen molar-refractivity contribution in [1.29, 1.82) is 0 Å². The summed E-state index contributed by atoms with van der Waals surface area (Å²) in [5, 5.41) is 0.670. The summed E-state index contributed by atoms with van der Waals surface area (Å²) in [5.74, 6) is 0.630. The molecule has 0 bridgehead atoms. The van der Waals surface area contributed by atoms with Crippen LogP contribution in [0.15, 0.2) is 34.9 Å². The molecule has 1 saturated heterocycles. The lowest BCUT2D eigenvalue weighted by Crippen LogP contribution is -2.42. The van der Waals surface area contributed by atoms with Crippen molar-refractivity contribution in [2.75, 3.05) is 13.1 Å². The lowest BCUT2D eigenvalue weighted by molar-refractivity contribution is -0.133. The Morgan fingerprint density at radius 2 is 2.05 bits per heavy atom. The Hall–Kier alpha value is -1.81. The molecule has 2 aromatic rings. The number of hydrogen-bond donors (Lipinski definition) is 0. The van der Waals surface area contributed by atoms with Crippen LogP contribution < -0.4 is 0 Å². The largest absolute Gasteiger partial charge is 0.444 e. The third-order valence-electron chi connectivity index (χ3n) is 3.18. The number of aromatic nitrogens is 1. The minimum absolute atomic E-state index is 0.113. The lowest BCUT2D eigenvalue weighted by atomic mass is 10.2. The maximum Gasteiger partial charge on any atom is 0.228 e. The van der Waals surface area contributed by atoms with Gasteiger partial charge in [0.05, 0.1) is 12.1 Å². The number of amides is 1. The number of oxazole rings is 1. The number of carbonyl (C=O) groups is 1. The molecule has 19 heavy (non-hydrogen) atoms. The molecule has 1 amide bonds. The predicted molar refractivity (Wildman–Crippen MR) is 71.9 cm³/mol. The highest BCUT2D eigenvalue weighted by atomic mass is 35.5. The molecule has 2 heterocycles. The quantitative estimate of drug-likeness (QED) is 0.866. The first kappa shape index (κ1) is 12.2. The number of halogens is 1. The highest BCUT2D eigenvalue weighted by Gasteiger charge is 2.21. The molecule has 0 saturated carbocycles. The van der Waals surface area contributed by atoms with E-state index in [-0.39, 0.29) is 5.91 Å². The molecule has 5 heteroatoms. The summed E-state index contributed by atoms with van der Waals surface area (Å²) < 4.78 is 5.40. The third-order valence-corrected chi connectivity index (χ3v) is 3.44. The zero-order valence-electron chi connectivity index (χ0n) is 10.3. The molecule has 3 rings (SSSR count). The Morgan fingerprint density at radius 3 is 2.68 bits per heavy atom. The molecule has 1 aliphatic rings. The van der Waals surface area contributed by atoms with Crippen molar-refractivity contribution in [3.8, 4) is 11.5 Å². The molecule has 1 aromatic carbocycles. The van der Waals surface area contributed by atoms with Gasteiger partial charge in [-0.2, -0.15) is 0 Å². The molecule has 0 N–H and O–H groups in total. The molecule has 0 aliphatic carbocycles.